The summed E-state index contributed by atoms with van der Waals surface area (Å²) in [7, 11) is 1.89. The van der Waals surface area contributed by atoms with Gasteiger partial charge in [-0.25, -0.2) is 15.0 Å². The fraction of sp³-hybridized carbons (Fsp3) is 0.174. The summed E-state index contributed by atoms with van der Waals surface area (Å²) in [5, 5.41) is 15.7. The van der Waals surface area contributed by atoms with Crippen LogP contribution in [0.4, 0.5) is 23.0 Å². The molecule has 0 aliphatic carbocycles. The van der Waals surface area contributed by atoms with Gasteiger partial charge in [0.1, 0.15) is 18.2 Å². The molecule has 0 spiro atoms. The van der Waals surface area contributed by atoms with Gasteiger partial charge in [-0.2, -0.15) is 0 Å². The molecule has 32 heavy (non-hydrogen) atoms. The zero-order valence-corrected chi connectivity index (χ0v) is 17.6. The third-order valence-corrected chi connectivity index (χ3v) is 5.20. The van der Waals surface area contributed by atoms with Crippen LogP contribution < -0.4 is 20.3 Å². The van der Waals surface area contributed by atoms with Crippen molar-refractivity contribution in [2.24, 2.45) is 0 Å². The summed E-state index contributed by atoms with van der Waals surface area (Å²) < 4.78 is 7.63. The summed E-state index contributed by atoms with van der Waals surface area (Å²) in [6, 6.07) is 9.74. The van der Waals surface area contributed by atoms with Gasteiger partial charge in [0.25, 0.3) is 0 Å². The van der Waals surface area contributed by atoms with E-state index < -0.39 is 0 Å². The number of nitrogens with one attached hydrogen (secondary N) is 2. The average molecular weight is 429 g/mol. The molecule has 0 bridgehead atoms. The van der Waals surface area contributed by atoms with E-state index in [0.29, 0.717) is 24.6 Å². The van der Waals surface area contributed by atoms with Gasteiger partial charge in [0.05, 0.1) is 29.9 Å². The molecule has 0 amide bonds. The van der Waals surface area contributed by atoms with Crippen molar-refractivity contribution in [3.05, 3.63) is 67.4 Å². The van der Waals surface area contributed by atoms with Crippen LogP contribution in [0.5, 0.6) is 5.75 Å². The lowest BCUT2D eigenvalue weighted by Crippen LogP contribution is -2.22. The van der Waals surface area contributed by atoms with Crippen LogP contribution in [0.2, 0.25) is 0 Å². The minimum absolute atomic E-state index is 0.0746. The fourth-order valence-electron chi connectivity index (χ4n) is 3.55. The van der Waals surface area contributed by atoms with Crippen LogP contribution in [-0.4, -0.2) is 51.3 Å². The van der Waals surface area contributed by atoms with Crippen molar-refractivity contribution in [1.82, 2.24) is 19.4 Å². The number of anilines is 4. The first-order valence-electron chi connectivity index (χ1n) is 10.2. The van der Waals surface area contributed by atoms with E-state index in [2.05, 4.69) is 27.2 Å². The number of aliphatic hydroxyl groups excluding tert-OH is 1. The van der Waals surface area contributed by atoms with Crippen LogP contribution in [0.25, 0.3) is 16.9 Å². The Morgan fingerprint density at radius 3 is 3.00 bits per heavy atom. The summed E-state index contributed by atoms with van der Waals surface area (Å²) in [6.45, 7) is 5.00. The number of imidazole rings is 1. The lowest BCUT2D eigenvalue weighted by Gasteiger charge is -2.21. The zero-order chi connectivity index (χ0) is 22.1. The molecule has 0 fully saturated rings. The first-order chi connectivity index (χ1) is 15.6. The maximum Gasteiger partial charge on any atom is 0.180 e. The van der Waals surface area contributed by atoms with Crippen molar-refractivity contribution in [3.8, 4) is 17.0 Å². The Hall–Kier alpha value is -4.11. The SMILES string of the molecule is C=C1COc2ccc(-c3cn4ccnc4c(Nc4ccc(N(C)CCO)nc4)n3)cc2N1. The number of hydrogen-bond acceptors (Lipinski definition) is 8. The molecule has 3 aromatic heterocycles. The second-order valence-corrected chi connectivity index (χ2v) is 7.54. The largest absolute Gasteiger partial charge is 0.485 e. The highest BCUT2D eigenvalue weighted by molar-refractivity contribution is 5.76. The Balaban J connectivity index is 1.48. The van der Waals surface area contributed by atoms with E-state index in [1.54, 1.807) is 12.4 Å². The first-order valence-corrected chi connectivity index (χ1v) is 10.2. The summed E-state index contributed by atoms with van der Waals surface area (Å²) in [6.07, 6.45) is 7.31. The van der Waals surface area contributed by atoms with Crippen LogP contribution in [0.3, 0.4) is 0 Å². The number of aliphatic hydroxyl groups is 1. The third-order valence-electron chi connectivity index (χ3n) is 5.20. The van der Waals surface area contributed by atoms with E-state index >= 15 is 0 Å². The van der Waals surface area contributed by atoms with Gasteiger partial charge >= 0.3 is 0 Å². The van der Waals surface area contributed by atoms with E-state index in [4.69, 9.17) is 14.8 Å². The molecule has 162 valence electrons. The van der Waals surface area contributed by atoms with Crippen molar-refractivity contribution in [2.75, 3.05) is 42.3 Å². The summed E-state index contributed by atoms with van der Waals surface area (Å²) in [5.74, 6) is 2.19. The minimum atomic E-state index is 0.0746. The normalized spacial score (nSPS) is 12.8. The number of aromatic nitrogens is 4. The molecule has 9 heteroatoms. The number of hydrogen-bond donors (Lipinski definition) is 3. The number of nitrogens with zero attached hydrogens (tertiary/aromatic N) is 5. The third kappa shape index (κ3) is 3.81. The molecule has 1 aliphatic heterocycles. The van der Waals surface area contributed by atoms with Gasteiger partial charge < -0.3 is 29.8 Å². The quantitative estimate of drug-likeness (QED) is 0.429. The van der Waals surface area contributed by atoms with Crippen LogP contribution in [0, 0.1) is 0 Å². The molecule has 0 saturated carbocycles. The highest BCUT2D eigenvalue weighted by Crippen LogP contribution is 2.34. The zero-order valence-electron chi connectivity index (χ0n) is 17.6. The van der Waals surface area contributed by atoms with Gasteiger partial charge in [-0.05, 0) is 30.3 Å². The Kier molecular flexibility index (Phi) is 5.08. The van der Waals surface area contributed by atoms with E-state index in [9.17, 15) is 0 Å². The van der Waals surface area contributed by atoms with Crippen LogP contribution in [-0.2, 0) is 0 Å². The highest BCUT2D eigenvalue weighted by atomic mass is 16.5. The topological polar surface area (TPSA) is 99.8 Å². The molecular weight excluding hydrogens is 406 g/mol. The number of rotatable bonds is 6. The number of fused-ring (bicyclic) bond motifs is 2. The van der Waals surface area contributed by atoms with Crippen molar-refractivity contribution in [2.45, 2.75) is 0 Å². The molecule has 4 aromatic rings. The Bertz CT molecular complexity index is 1280. The van der Waals surface area contributed by atoms with Crippen molar-refractivity contribution >= 4 is 28.7 Å². The van der Waals surface area contributed by atoms with Gasteiger partial charge in [-0.3, -0.25) is 0 Å². The number of benzene rings is 1. The molecule has 9 nitrogen and oxygen atoms in total. The molecule has 4 heterocycles. The van der Waals surface area contributed by atoms with Crippen molar-refractivity contribution < 1.29 is 9.84 Å². The fourth-order valence-corrected chi connectivity index (χ4v) is 3.55. The second kappa shape index (κ2) is 8.20. The summed E-state index contributed by atoms with van der Waals surface area (Å²) in [4.78, 5) is 15.6. The molecule has 5 rings (SSSR count). The second-order valence-electron chi connectivity index (χ2n) is 7.54. The predicted molar refractivity (Wildman–Crippen MR) is 125 cm³/mol. The van der Waals surface area contributed by atoms with Gasteiger partial charge in [-0.15, -0.1) is 0 Å². The Morgan fingerprint density at radius 2 is 2.19 bits per heavy atom. The van der Waals surface area contributed by atoms with Crippen LogP contribution in [0.15, 0.2) is 67.4 Å². The summed E-state index contributed by atoms with van der Waals surface area (Å²) >= 11 is 0. The monoisotopic (exact) mass is 429 g/mol. The van der Waals surface area contributed by atoms with Crippen molar-refractivity contribution in [1.29, 1.82) is 0 Å². The van der Waals surface area contributed by atoms with E-state index in [0.717, 1.165) is 39.9 Å². The lowest BCUT2D eigenvalue weighted by atomic mass is 10.1. The van der Waals surface area contributed by atoms with Crippen LogP contribution in [0.1, 0.15) is 0 Å². The molecular formula is C23H23N7O2. The molecule has 0 unspecified atom stereocenters. The smallest absolute Gasteiger partial charge is 0.180 e. The van der Waals surface area contributed by atoms with Crippen LogP contribution >= 0.6 is 0 Å². The molecule has 0 saturated heterocycles. The van der Waals surface area contributed by atoms with Gasteiger partial charge in [-0.1, -0.05) is 6.58 Å². The standard InChI is InChI=1S/C23H23N7O2/c1-15-14-32-20-5-3-16(11-18(20)26-15)19-13-30-8-7-24-23(30)22(28-19)27-17-4-6-21(25-12-17)29(2)9-10-31/h3-8,11-13,26,31H,1,9-10,14H2,2H3,(H,27,28). The number of likely N-dealkylation sites (N-methyl/N-ethyl adjacent to an activating group) is 1. The average Bonchev–Trinajstić information content (AvgIpc) is 3.28. The number of ether oxygens (including phenoxy) is 1. The molecule has 0 radical (unpaired) electrons. The van der Waals surface area contributed by atoms with E-state index in [1.165, 1.54) is 0 Å². The summed E-state index contributed by atoms with van der Waals surface area (Å²) in [5.41, 5.74) is 4.90. The predicted octanol–water partition coefficient (Wildman–Crippen LogP) is 3.28. The van der Waals surface area contributed by atoms with Crippen molar-refractivity contribution in [3.63, 3.8) is 0 Å². The number of pyridine rings is 1. The van der Waals surface area contributed by atoms with E-state index in [-0.39, 0.29) is 6.61 Å². The van der Waals surface area contributed by atoms with Gasteiger partial charge in [0, 0.05) is 43.4 Å². The molecule has 0 atom stereocenters. The lowest BCUT2D eigenvalue weighted by molar-refractivity contribution is 0.304. The van der Waals surface area contributed by atoms with Gasteiger partial charge in [0.15, 0.2) is 11.5 Å². The van der Waals surface area contributed by atoms with E-state index in [1.807, 2.05) is 59.1 Å². The maximum absolute atomic E-state index is 9.11. The highest BCUT2D eigenvalue weighted by Gasteiger charge is 2.15. The molecule has 1 aliphatic rings. The van der Waals surface area contributed by atoms with Gasteiger partial charge in [0.2, 0.25) is 0 Å². The molecule has 3 N–H and O–H groups in total. The first kappa shape index (κ1) is 19.8. The Labute approximate surface area is 185 Å². The molecule has 1 aromatic carbocycles. The minimum Gasteiger partial charge on any atom is -0.485 e. The maximum atomic E-state index is 9.11. The Morgan fingerprint density at radius 1 is 1.28 bits per heavy atom.